The van der Waals surface area contributed by atoms with Crippen molar-refractivity contribution < 1.29 is 9.72 Å². The molecule has 0 heterocycles. The predicted molar refractivity (Wildman–Crippen MR) is 94.2 cm³/mol. The number of carbonyl (C=O) groups excluding carboxylic acids is 1. The quantitative estimate of drug-likeness (QED) is 0.666. The molecule has 0 aliphatic heterocycles. The lowest BCUT2D eigenvalue weighted by Gasteiger charge is -2.25. The van der Waals surface area contributed by atoms with Crippen LogP contribution in [0.25, 0.3) is 0 Å². The number of rotatable bonds is 4. The van der Waals surface area contributed by atoms with Gasteiger partial charge in [-0.1, -0.05) is 29.8 Å². The molecule has 0 aromatic heterocycles. The van der Waals surface area contributed by atoms with Gasteiger partial charge in [0.15, 0.2) is 0 Å². The molecule has 24 heavy (non-hydrogen) atoms. The minimum absolute atomic E-state index is 0.0365. The second-order valence-corrected chi connectivity index (χ2v) is 5.89. The highest BCUT2D eigenvalue weighted by Gasteiger charge is 2.18. The van der Waals surface area contributed by atoms with E-state index in [2.05, 4.69) is 5.32 Å². The van der Waals surface area contributed by atoms with Crippen LogP contribution in [0, 0.1) is 24.0 Å². The molecule has 0 saturated heterocycles. The Morgan fingerprint density at radius 2 is 1.79 bits per heavy atom. The summed E-state index contributed by atoms with van der Waals surface area (Å²) in [5, 5.41) is 13.6. The van der Waals surface area contributed by atoms with Crippen LogP contribution in [0.2, 0.25) is 0 Å². The summed E-state index contributed by atoms with van der Waals surface area (Å²) < 4.78 is 0. The predicted octanol–water partition coefficient (Wildman–Crippen LogP) is 4.44. The van der Waals surface area contributed by atoms with Crippen molar-refractivity contribution in [3.05, 3.63) is 69.3 Å². The van der Waals surface area contributed by atoms with E-state index in [1.165, 1.54) is 17.7 Å². The summed E-state index contributed by atoms with van der Waals surface area (Å²) in [6.45, 7) is 5.61. The Morgan fingerprint density at radius 1 is 1.17 bits per heavy atom. The standard InChI is InChI=1S/C18H21N3O3/c1-12-5-7-15(8-6-12)14(3)20(4)18(22)19-16-9-10-17(21(23)24)13(2)11-16/h5-11,14H,1-4H3,(H,19,22). The number of nitrogens with one attached hydrogen (secondary N) is 1. The molecule has 0 spiro atoms. The third kappa shape index (κ3) is 3.90. The molecule has 0 saturated carbocycles. The minimum atomic E-state index is -0.438. The number of hydrogen-bond acceptors (Lipinski definition) is 3. The summed E-state index contributed by atoms with van der Waals surface area (Å²) in [5.74, 6) is 0. The Balaban J connectivity index is 2.09. The van der Waals surface area contributed by atoms with E-state index in [0.717, 1.165) is 5.56 Å². The van der Waals surface area contributed by atoms with Crippen LogP contribution >= 0.6 is 0 Å². The van der Waals surface area contributed by atoms with E-state index >= 15 is 0 Å². The van der Waals surface area contributed by atoms with Gasteiger partial charge < -0.3 is 10.2 Å². The minimum Gasteiger partial charge on any atom is -0.321 e. The highest BCUT2D eigenvalue weighted by Crippen LogP contribution is 2.23. The van der Waals surface area contributed by atoms with Gasteiger partial charge >= 0.3 is 6.03 Å². The zero-order valence-corrected chi connectivity index (χ0v) is 14.2. The molecule has 0 radical (unpaired) electrons. The van der Waals surface area contributed by atoms with Crippen LogP contribution in [0.4, 0.5) is 16.2 Å². The van der Waals surface area contributed by atoms with E-state index in [1.54, 1.807) is 24.9 Å². The van der Waals surface area contributed by atoms with Crippen molar-refractivity contribution in [2.24, 2.45) is 0 Å². The zero-order chi connectivity index (χ0) is 17.9. The monoisotopic (exact) mass is 327 g/mol. The fourth-order valence-corrected chi connectivity index (χ4v) is 2.39. The Labute approximate surface area is 141 Å². The van der Waals surface area contributed by atoms with Gasteiger partial charge in [-0.3, -0.25) is 10.1 Å². The maximum atomic E-state index is 12.4. The highest BCUT2D eigenvalue weighted by atomic mass is 16.6. The number of anilines is 1. The van der Waals surface area contributed by atoms with Gasteiger partial charge in [-0.25, -0.2) is 4.79 Å². The van der Waals surface area contributed by atoms with Crippen molar-refractivity contribution in [2.75, 3.05) is 12.4 Å². The summed E-state index contributed by atoms with van der Waals surface area (Å²) in [6, 6.07) is 12.2. The topological polar surface area (TPSA) is 75.5 Å². The number of urea groups is 1. The van der Waals surface area contributed by atoms with E-state index in [1.807, 2.05) is 38.1 Å². The zero-order valence-electron chi connectivity index (χ0n) is 14.2. The first kappa shape index (κ1) is 17.5. The van der Waals surface area contributed by atoms with E-state index < -0.39 is 4.92 Å². The number of nitro benzene ring substituents is 1. The van der Waals surface area contributed by atoms with Crippen molar-refractivity contribution in [3.63, 3.8) is 0 Å². The highest BCUT2D eigenvalue weighted by molar-refractivity contribution is 5.89. The van der Waals surface area contributed by atoms with Crippen LogP contribution in [0.3, 0.4) is 0 Å². The summed E-state index contributed by atoms with van der Waals surface area (Å²) in [4.78, 5) is 24.4. The Hall–Kier alpha value is -2.89. The second-order valence-electron chi connectivity index (χ2n) is 5.89. The van der Waals surface area contributed by atoms with Gasteiger partial charge in [0.2, 0.25) is 0 Å². The maximum absolute atomic E-state index is 12.4. The van der Waals surface area contributed by atoms with Gasteiger partial charge in [0.1, 0.15) is 0 Å². The molecule has 0 aliphatic carbocycles. The molecule has 0 fully saturated rings. The van der Waals surface area contributed by atoms with Gasteiger partial charge in [-0.2, -0.15) is 0 Å². The molecule has 126 valence electrons. The second kappa shape index (κ2) is 7.12. The van der Waals surface area contributed by atoms with E-state index in [4.69, 9.17) is 0 Å². The molecule has 0 bridgehead atoms. The Morgan fingerprint density at radius 3 is 2.33 bits per heavy atom. The fourth-order valence-electron chi connectivity index (χ4n) is 2.39. The van der Waals surface area contributed by atoms with Crippen molar-refractivity contribution >= 4 is 17.4 Å². The molecular weight excluding hydrogens is 306 g/mol. The van der Waals surface area contributed by atoms with Crippen LogP contribution in [0.5, 0.6) is 0 Å². The number of nitrogens with zero attached hydrogens (tertiary/aromatic N) is 2. The summed E-state index contributed by atoms with van der Waals surface area (Å²) in [5.41, 5.74) is 3.28. The lowest BCUT2D eigenvalue weighted by molar-refractivity contribution is -0.385. The number of nitro groups is 1. The van der Waals surface area contributed by atoms with Crippen molar-refractivity contribution in [2.45, 2.75) is 26.8 Å². The average molecular weight is 327 g/mol. The summed E-state index contributed by atoms with van der Waals surface area (Å²) >= 11 is 0. The SMILES string of the molecule is Cc1ccc(C(C)N(C)C(=O)Nc2ccc([N+](=O)[O-])c(C)c2)cc1. The van der Waals surface area contributed by atoms with Crippen LogP contribution in [0.15, 0.2) is 42.5 Å². The van der Waals surface area contributed by atoms with Crippen molar-refractivity contribution in [1.29, 1.82) is 0 Å². The van der Waals surface area contributed by atoms with Gasteiger partial charge in [-0.15, -0.1) is 0 Å². The summed E-state index contributed by atoms with van der Waals surface area (Å²) in [6.07, 6.45) is 0. The number of benzene rings is 2. The molecule has 1 N–H and O–H groups in total. The van der Waals surface area contributed by atoms with Crippen molar-refractivity contribution in [1.82, 2.24) is 4.90 Å². The molecule has 2 rings (SSSR count). The average Bonchev–Trinajstić information content (AvgIpc) is 2.53. The lowest BCUT2D eigenvalue weighted by atomic mass is 10.1. The molecular formula is C18H21N3O3. The molecule has 2 aromatic rings. The van der Waals surface area contributed by atoms with E-state index in [9.17, 15) is 14.9 Å². The molecule has 6 nitrogen and oxygen atoms in total. The fraction of sp³-hybridized carbons (Fsp3) is 0.278. The maximum Gasteiger partial charge on any atom is 0.322 e. The van der Waals surface area contributed by atoms with Crippen LogP contribution in [-0.2, 0) is 0 Å². The molecule has 1 atom stereocenters. The first-order valence-electron chi connectivity index (χ1n) is 7.65. The lowest BCUT2D eigenvalue weighted by Crippen LogP contribution is -2.33. The number of hydrogen-bond donors (Lipinski definition) is 1. The third-order valence-electron chi connectivity index (χ3n) is 4.11. The molecule has 2 aromatic carbocycles. The van der Waals surface area contributed by atoms with E-state index in [-0.39, 0.29) is 17.8 Å². The number of amides is 2. The third-order valence-corrected chi connectivity index (χ3v) is 4.11. The largest absolute Gasteiger partial charge is 0.322 e. The van der Waals surface area contributed by atoms with Crippen LogP contribution in [0.1, 0.15) is 29.7 Å². The molecule has 1 unspecified atom stereocenters. The molecule has 2 amide bonds. The van der Waals surface area contributed by atoms with Gasteiger partial charge in [0, 0.05) is 24.4 Å². The first-order valence-corrected chi connectivity index (χ1v) is 7.65. The van der Waals surface area contributed by atoms with Gasteiger partial charge in [0.05, 0.1) is 11.0 Å². The number of carbonyl (C=O) groups is 1. The van der Waals surface area contributed by atoms with Crippen molar-refractivity contribution in [3.8, 4) is 0 Å². The van der Waals surface area contributed by atoms with Gasteiger partial charge in [-0.05, 0) is 38.5 Å². The van der Waals surface area contributed by atoms with E-state index in [0.29, 0.717) is 11.3 Å². The Bertz CT molecular complexity index is 757. The first-order chi connectivity index (χ1) is 11.3. The smallest absolute Gasteiger partial charge is 0.321 e. The Kier molecular flexibility index (Phi) is 5.18. The van der Waals surface area contributed by atoms with Crippen LogP contribution < -0.4 is 5.32 Å². The molecule has 0 aliphatic rings. The number of aryl methyl sites for hydroxylation is 2. The molecule has 6 heteroatoms. The normalized spacial score (nSPS) is 11.7. The van der Waals surface area contributed by atoms with Crippen LogP contribution in [-0.4, -0.2) is 22.9 Å². The summed E-state index contributed by atoms with van der Waals surface area (Å²) in [7, 11) is 1.72. The van der Waals surface area contributed by atoms with Gasteiger partial charge in [0.25, 0.3) is 5.69 Å².